The van der Waals surface area contributed by atoms with E-state index in [-0.39, 0.29) is 24.8 Å². The predicted molar refractivity (Wildman–Crippen MR) is 97.5 cm³/mol. The molecule has 1 aliphatic rings. The van der Waals surface area contributed by atoms with Crippen molar-refractivity contribution in [3.8, 4) is 0 Å². The number of benzene rings is 2. The zero-order chi connectivity index (χ0) is 17.6. The van der Waals surface area contributed by atoms with Crippen LogP contribution in [0.25, 0.3) is 0 Å². The molecule has 1 aliphatic heterocycles. The van der Waals surface area contributed by atoms with E-state index in [0.29, 0.717) is 13.1 Å². The maximum Gasteiger partial charge on any atom is 0.247 e. The fourth-order valence-electron chi connectivity index (χ4n) is 3.18. The monoisotopic (exact) mass is 334 g/mol. The number of rotatable bonds is 7. The van der Waals surface area contributed by atoms with E-state index in [0.717, 1.165) is 11.1 Å². The molecule has 2 amide bonds. The summed E-state index contributed by atoms with van der Waals surface area (Å²) in [4.78, 5) is 28.4. The van der Waals surface area contributed by atoms with Crippen LogP contribution in [-0.2, 0) is 22.7 Å². The first kappa shape index (κ1) is 17.1. The smallest absolute Gasteiger partial charge is 0.247 e. The Balaban J connectivity index is 1.84. The third-order valence-corrected chi connectivity index (χ3v) is 4.43. The van der Waals surface area contributed by atoms with Crippen molar-refractivity contribution in [2.24, 2.45) is 0 Å². The van der Waals surface area contributed by atoms with Gasteiger partial charge in [0.1, 0.15) is 0 Å². The van der Waals surface area contributed by atoms with Crippen LogP contribution in [0.15, 0.2) is 73.3 Å². The van der Waals surface area contributed by atoms with Crippen molar-refractivity contribution in [2.75, 3.05) is 6.54 Å². The van der Waals surface area contributed by atoms with E-state index in [1.807, 2.05) is 60.7 Å². The van der Waals surface area contributed by atoms with Crippen molar-refractivity contribution in [3.05, 3.63) is 84.4 Å². The standard InChI is InChI=1S/C21H22N2O2/c1-2-13-23-20(24)14-19(21(23)25)22(15-17-9-5-3-6-10-17)16-18-11-7-4-8-12-18/h2-12,19H,1,13-16H2/t19-/m0/s1. The number of likely N-dealkylation sites (tertiary alicyclic amines) is 1. The van der Waals surface area contributed by atoms with Crippen LogP contribution < -0.4 is 0 Å². The summed E-state index contributed by atoms with van der Waals surface area (Å²) in [5.41, 5.74) is 2.25. The van der Waals surface area contributed by atoms with Crippen molar-refractivity contribution in [1.82, 2.24) is 9.80 Å². The van der Waals surface area contributed by atoms with Gasteiger partial charge in [0, 0.05) is 19.6 Å². The number of imide groups is 1. The van der Waals surface area contributed by atoms with E-state index in [1.54, 1.807) is 6.08 Å². The van der Waals surface area contributed by atoms with Crippen molar-refractivity contribution in [2.45, 2.75) is 25.6 Å². The van der Waals surface area contributed by atoms with Gasteiger partial charge in [0.05, 0.1) is 12.5 Å². The second-order valence-electron chi connectivity index (χ2n) is 6.23. The Bertz CT molecular complexity index is 702. The lowest BCUT2D eigenvalue weighted by Gasteiger charge is -2.27. The summed E-state index contributed by atoms with van der Waals surface area (Å²) < 4.78 is 0. The van der Waals surface area contributed by atoms with E-state index in [4.69, 9.17) is 0 Å². The van der Waals surface area contributed by atoms with Crippen molar-refractivity contribution < 1.29 is 9.59 Å². The van der Waals surface area contributed by atoms with Crippen molar-refractivity contribution in [3.63, 3.8) is 0 Å². The predicted octanol–water partition coefficient (Wildman–Crippen LogP) is 3.00. The zero-order valence-electron chi connectivity index (χ0n) is 14.2. The lowest BCUT2D eigenvalue weighted by molar-refractivity contribution is -0.139. The minimum atomic E-state index is -0.423. The number of hydrogen-bond acceptors (Lipinski definition) is 3. The van der Waals surface area contributed by atoms with Crippen LogP contribution in [0.1, 0.15) is 17.5 Å². The molecule has 3 rings (SSSR count). The van der Waals surface area contributed by atoms with Crippen LogP contribution in [0, 0.1) is 0 Å². The average Bonchev–Trinajstić information content (AvgIpc) is 2.91. The van der Waals surface area contributed by atoms with Gasteiger partial charge in [-0.25, -0.2) is 0 Å². The fraction of sp³-hybridized carbons (Fsp3) is 0.238. The lowest BCUT2D eigenvalue weighted by Crippen LogP contribution is -2.41. The maximum atomic E-state index is 12.7. The van der Waals surface area contributed by atoms with Gasteiger partial charge >= 0.3 is 0 Å². The Labute approximate surface area is 148 Å². The minimum absolute atomic E-state index is 0.124. The highest BCUT2D eigenvalue weighted by Gasteiger charge is 2.41. The van der Waals surface area contributed by atoms with Gasteiger partial charge in [-0.2, -0.15) is 0 Å². The maximum absolute atomic E-state index is 12.7. The first-order valence-electron chi connectivity index (χ1n) is 8.46. The molecule has 0 aliphatic carbocycles. The highest BCUT2D eigenvalue weighted by molar-refractivity contribution is 6.05. The van der Waals surface area contributed by atoms with Crippen molar-refractivity contribution in [1.29, 1.82) is 0 Å². The summed E-state index contributed by atoms with van der Waals surface area (Å²) in [6.45, 7) is 5.17. The van der Waals surface area contributed by atoms with E-state index in [9.17, 15) is 9.59 Å². The highest BCUT2D eigenvalue weighted by atomic mass is 16.2. The summed E-state index contributed by atoms with van der Waals surface area (Å²) in [6.07, 6.45) is 1.82. The van der Waals surface area contributed by atoms with Crippen LogP contribution >= 0.6 is 0 Å². The number of carbonyl (C=O) groups excluding carboxylic acids is 2. The molecule has 2 aromatic carbocycles. The minimum Gasteiger partial charge on any atom is -0.283 e. The summed E-state index contributed by atoms with van der Waals surface area (Å²) in [6, 6.07) is 19.6. The molecule has 4 nitrogen and oxygen atoms in total. The topological polar surface area (TPSA) is 40.6 Å². The van der Waals surface area contributed by atoms with E-state index < -0.39 is 6.04 Å². The second kappa shape index (κ2) is 7.90. The Morgan fingerprint density at radius 3 is 1.96 bits per heavy atom. The number of hydrogen-bond donors (Lipinski definition) is 0. The first-order valence-corrected chi connectivity index (χ1v) is 8.46. The average molecular weight is 334 g/mol. The van der Waals surface area contributed by atoms with Crippen molar-refractivity contribution >= 4 is 11.8 Å². The van der Waals surface area contributed by atoms with Crippen LogP contribution in [0.3, 0.4) is 0 Å². The molecule has 1 saturated heterocycles. The largest absolute Gasteiger partial charge is 0.283 e. The van der Waals surface area contributed by atoms with E-state index in [2.05, 4.69) is 11.5 Å². The molecule has 0 aromatic heterocycles. The van der Waals surface area contributed by atoms with Gasteiger partial charge in [-0.1, -0.05) is 66.7 Å². The SMILES string of the molecule is C=CCN1C(=O)C[C@H](N(Cc2ccccc2)Cc2ccccc2)C1=O. The molecule has 1 atom stereocenters. The molecule has 0 N–H and O–H groups in total. The third kappa shape index (κ3) is 4.03. The van der Waals surface area contributed by atoms with Gasteiger partial charge in [0.2, 0.25) is 11.8 Å². The normalized spacial score (nSPS) is 17.3. The van der Waals surface area contributed by atoms with Gasteiger partial charge in [0.15, 0.2) is 0 Å². The Hall–Kier alpha value is -2.72. The van der Waals surface area contributed by atoms with Crippen LogP contribution in [0.4, 0.5) is 0 Å². The first-order chi connectivity index (χ1) is 12.2. The van der Waals surface area contributed by atoms with Gasteiger partial charge < -0.3 is 0 Å². The van der Waals surface area contributed by atoms with Crippen LogP contribution in [-0.4, -0.2) is 34.2 Å². The second-order valence-corrected chi connectivity index (χ2v) is 6.23. The molecular formula is C21H22N2O2. The van der Waals surface area contributed by atoms with Gasteiger partial charge in [-0.15, -0.1) is 6.58 Å². The van der Waals surface area contributed by atoms with Crippen LogP contribution in [0.2, 0.25) is 0 Å². The van der Waals surface area contributed by atoms with Crippen LogP contribution in [0.5, 0.6) is 0 Å². The van der Waals surface area contributed by atoms with Gasteiger partial charge in [-0.3, -0.25) is 19.4 Å². The molecule has 0 unspecified atom stereocenters. The van der Waals surface area contributed by atoms with E-state index >= 15 is 0 Å². The quantitative estimate of drug-likeness (QED) is 0.577. The highest BCUT2D eigenvalue weighted by Crippen LogP contribution is 2.23. The van der Waals surface area contributed by atoms with Gasteiger partial charge in [0.25, 0.3) is 0 Å². The summed E-state index contributed by atoms with van der Waals surface area (Å²) >= 11 is 0. The fourth-order valence-corrected chi connectivity index (χ4v) is 3.18. The number of nitrogens with zero attached hydrogens (tertiary/aromatic N) is 2. The Morgan fingerprint density at radius 2 is 1.48 bits per heavy atom. The summed E-state index contributed by atoms with van der Waals surface area (Å²) in [5.74, 6) is -0.252. The molecule has 0 saturated carbocycles. The number of amides is 2. The molecule has 128 valence electrons. The van der Waals surface area contributed by atoms with E-state index in [1.165, 1.54) is 4.90 Å². The molecule has 0 bridgehead atoms. The molecule has 0 spiro atoms. The Morgan fingerprint density at radius 1 is 0.960 bits per heavy atom. The molecule has 25 heavy (non-hydrogen) atoms. The zero-order valence-corrected chi connectivity index (χ0v) is 14.2. The molecule has 1 heterocycles. The molecule has 1 fully saturated rings. The Kier molecular flexibility index (Phi) is 5.41. The molecule has 0 radical (unpaired) electrons. The number of carbonyl (C=O) groups is 2. The summed E-state index contributed by atoms with van der Waals surface area (Å²) in [7, 11) is 0. The molecule has 4 heteroatoms. The molecule has 2 aromatic rings. The molecular weight excluding hydrogens is 312 g/mol. The van der Waals surface area contributed by atoms with Gasteiger partial charge in [-0.05, 0) is 11.1 Å². The third-order valence-electron chi connectivity index (χ3n) is 4.43. The lowest BCUT2D eigenvalue weighted by atomic mass is 10.1. The summed E-state index contributed by atoms with van der Waals surface area (Å²) in [5, 5.41) is 0.